The summed E-state index contributed by atoms with van der Waals surface area (Å²) in [6.45, 7) is 6.95. The van der Waals surface area contributed by atoms with Crippen LogP contribution in [0.25, 0.3) is 0 Å². The predicted octanol–water partition coefficient (Wildman–Crippen LogP) is 1.32. The molecular weight excluding hydrogens is 208 g/mol. The first kappa shape index (κ1) is 13.1. The smallest absolute Gasteiger partial charge is 0.321 e. The Balaban J connectivity index is 4.66. The molecule has 0 aromatic heterocycles. The molecule has 0 radical (unpaired) electrons. The highest BCUT2D eigenvalue weighted by atomic mass is 32.3. The van der Waals surface area contributed by atoms with Crippen molar-refractivity contribution in [2.75, 3.05) is 0 Å². The van der Waals surface area contributed by atoms with E-state index in [0.29, 0.717) is 0 Å². The lowest BCUT2D eigenvalue weighted by Gasteiger charge is -2.12. The number of hydrogen-bond acceptors (Lipinski definition) is 4. The third-order valence-electron chi connectivity index (χ3n) is 1.15. The van der Waals surface area contributed by atoms with E-state index in [1.54, 1.807) is 6.08 Å². The fourth-order valence-electron chi connectivity index (χ4n) is 0.870. The van der Waals surface area contributed by atoms with Crippen LogP contribution in [0.15, 0.2) is 11.6 Å². The molecular formula is C8H14O5S. The van der Waals surface area contributed by atoms with Crippen molar-refractivity contribution in [2.24, 2.45) is 5.41 Å². The molecule has 0 aliphatic heterocycles. The molecule has 0 saturated carbocycles. The highest BCUT2D eigenvalue weighted by molar-refractivity contribution is 7.81. The summed E-state index contributed by atoms with van der Waals surface area (Å²) in [5, 5.41) is 0. The van der Waals surface area contributed by atoms with Crippen LogP contribution in [0.3, 0.4) is 0 Å². The second-order valence-corrected chi connectivity index (χ2v) is 5.01. The summed E-state index contributed by atoms with van der Waals surface area (Å²) in [5.41, 5.74) is -0.127. The first-order chi connectivity index (χ1) is 6.01. The van der Waals surface area contributed by atoms with E-state index in [2.05, 4.69) is 4.18 Å². The van der Waals surface area contributed by atoms with Gasteiger partial charge in [0, 0.05) is 5.57 Å². The van der Waals surface area contributed by atoms with Gasteiger partial charge in [-0.1, -0.05) is 26.8 Å². The molecule has 0 spiro atoms. The van der Waals surface area contributed by atoms with E-state index in [9.17, 15) is 13.2 Å². The van der Waals surface area contributed by atoms with E-state index < -0.39 is 16.4 Å². The molecule has 0 bridgehead atoms. The summed E-state index contributed by atoms with van der Waals surface area (Å²) >= 11 is 0. The maximum absolute atomic E-state index is 11.0. The van der Waals surface area contributed by atoms with Gasteiger partial charge in [0.1, 0.15) is 0 Å². The summed E-state index contributed by atoms with van der Waals surface area (Å²) in [7, 11) is -4.71. The van der Waals surface area contributed by atoms with Crippen LogP contribution in [0.1, 0.15) is 27.7 Å². The minimum Gasteiger partial charge on any atom is -0.321 e. The van der Waals surface area contributed by atoms with E-state index in [-0.39, 0.29) is 11.0 Å². The van der Waals surface area contributed by atoms with Gasteiger partial charge in [0.15, 0.2) is 0 Å². The maximum Gasteiger partial charge on any atom is 0.449 e. The average Bonchev–Trinajstić information content (AvgIpc) is 1.78. The molecule has 0 aromatic rings. The topological polar surface area (TPSA) is 80.7 Å². The van der Waals surface area contributed by atoms with E-state index in [1.165, 1.54) is 6.92 Å². The first-order valence-electron chi connectivity index (χ1n) is 3.92. The zero-order chi connectivity index (χ0) is 11.6. The van der Waals surface area contributed by atoms with Gasteiger partial charge in [-0.2, -0.15) is 8.42 Å². The van der Waals surface area contributed by atoms with Crippen LogP contribution in [0.5, 0.6) is 0 Å². The Kier molecular flexibility index (Phi) is 3.84. The second-order valence-electron chi connectivity index (χ2n) is 3.99. The van der Waals surface area contributed by atoms with Crippen molar-refractivity contribution >= 4 is 16.4 Å². The van der Waals surface area contributed by atoms with E-state index in [0.717, 1.165) is 0 Å². The molecule has 82 valence electrons. The Morgan fingerprint density at radius 2 is 1.79 bits per heavy atom. The van der Waals surface area contributed by atoms with Gasteiger partial charge >= 0.3 is 16.4 Å². The van der Waals surface area contributed by atoms with Crippen LogP contribution in [-0.2, 0) is 19.4 Å². The first-order valence-corrected chi connectivity index (χ1v) is 5.28. The van der Waals surface area contributed by atoms with Crippen molar-refractivity contribution in [3.63, 3.8) is 0 Å². The van der Waals surface area contributed by atoms with Gasteiger partial charge in [0.25, 0.3) is 0 Å². The normalized spacial score (nSPS) is 13.9. The summed E-state index contributed by atoms with van der Waals surface area (Å²) in [4.78, 5) is 11.0. The standard InChI is InChI=1S/C8H14O5S/c1-6(5-8(2,3)4)7(9)13-14(10,11)12/h5H,1-4H3,(H,10,11,12). The van der Waals surface area contributed by atoms with Gasteiger partial charge in [-0.25, -0.2) is 4.79 Å². The Bertz CT molecular complexity index is 344. The predicted molar refractivity (Wildman–Crippen MR) is 50.9 cm³/mol. The van der Waals surface area contributed by atoms with Gasteiger partial charge < -0.3 is 4.18 Å². The van der Waals surface area contributed by atoms with E-state index in [4.69, 9.17) is 4.55 Å². The van der Waals surface area contributed by atoms with Gasteiger partial charge in [0.05, 0.1) is 0 Å². The lowest BCUT2D eigenvalue weighted by molar-refractivity contribution is -0.130. The van der Waals surface area contributed by atoms with Gasteiger partial charge in [0.2, 0.25) is 0 Å². The minimum atomic E-state index is -4.71. The molecule has 0 aliphatic carbocycles. The van der Waals surface area contributed by atoms with Crippen molar-refractivity contribution in [1.29, 1.82) is 0 Å². The average molecular weight is 222 g/mol. The van der Waals surface area contributed by atoms with E-state index in [1.807, 2.05) is 20.8 Å². The summed E-state index contributed by atoms with van der Waals surface area (Å²) < 4.78 is 32.4. The maximum atomic E-state index is 11.0. The Morgan fingerprint density at radius 1 is 1.36 bits per heavy atom. The van der Waals surface area contributed by atoms with Crippen LogP contribution >= 0.6 is 0 Å². The number of carbonyl (C=O) groups is 1. The molecule has 0 fully saturated rings. The molecule has 1 N–H and O–H groups in total. The second kappa shape index (κ2) is 4.10. The fourth-order valence-corrected chi connectivity index (χ4v) is 1.19. The molecule has 14 heavy (non-hydrogen) atoms. The molecule has 0 heterocycles. The van der Waals surface area contributed by atoms with Crippen molar-refractivity contribution in [2.45, 2.75) is 27.7 Å². The molecule has 0 aromatic carbocycles. The van der Waals surface area contributed by atoms with Crippen LogP contribution in [-0.4, -0.2) is 18.9 Å². The fraction of sp³-hybridized carbons (Fsp3) is 0.625. The molecule has 0 atom stereocenters. The highest BCUT2D eigenvalue weighted by Crippen LogP contribution is 2.18. The molecule has 0 aliphatic rings. The summed E-state index contributed by atoms with van der Waals surface area (Å²) in [5.74, 6) is -1.07. The SMILES string of the molecule is CC(=CC(C)(C)C)C(=O)OS(=O)(=O)O. The molecule has 5 nitrogen and oxygen atoms in total. The van der Waals surface area contributed by atoms with Crippen molar-refractivity contribution in [3.8, 4) is 0 Å². The number of carbonyl (C=O) groups excluding carboxylic acids is 1. The minimum absolute atomic E-state index is 0.134. The zero-order valence-electron chi connectivity index (χ0n) is 8.57. The van der Waals surface area contributed by atoms with Crippen LogP contribution in [0.4, 0.5) is 0 Å². The van der Waals surface area contributed by atoms with Crippen LogP contribution in [0, 0.1) is 5.41 Å². The Morgan fingerprint density at radius 3 is 2.07 bits per heavy atom. The molecule has 0 saturated heterocycles. The third-order valence-corrected chi connectivity index (χ3v) is 1.51. The highest BCUT2D eigenvalue weighted by Gasteiger charge is 2.17. The Labute approximate surface area is 83.7 Å². The van der Waals surface area contributed by atoms with Gasteiger partial charge in [-0.3, -0.25) is 4.55 Å². The number of hydrogen-bond donors (Lipinski definition) is 1. The summed E-state index contributed by atoms with van der Waals surface area (Å²) in [6.07, 6.45) is 1.56. The molecule has 0 unspecified atom stereocenters. The summed E-state index contributed by atoms with van der Waals surface area (Å²) in [6, 6.07) is 0. The van der Waals surface area contributed by atoms with Gasteiger partial charge in [-0.05, 0) is 12.3 Å². The quantitative estimate of drug-likeness (QED) is 0.563. The molecule has 0 rings (SSSR count). The van der Waals surface area contributed by atoms with Crippen LogP contribution in [0.2, 0.25) is 0 Å². The molecule has 6 heteroatoms. The largest absolute Gasteiger partial charge is 0.449 e. The monoisotopic (exact) mass is 222 g/mol. The lowest BCUT2D eigenvalue weighted by atomic mass is 9.94. The van der Waals surface area contributed by atoms with E-state index >= 15 is 0 Å². The lowest BCUT2D eigenvalue weighted by Crippen LogP contribution is -2.14. The number of rotatable bonds is 2. The van der Waals surface area contributed by atoms with Crippen molar-refractivity contribution in [3.05, 3.63) is 11.6 Å². The zero-order valence-corrected chi connectivity index (χ0v) is 9.38. The van der Waals surface area contributed by atoms with Crippen molar-refractivity contribution < 1.29 is 21.9 Å². The number of allylic oxidation sites excluding steroid dienone is 1. The van der Waals surface area contributed by atoms with Crippen LogP contribution < -0.4 is 0 Å². The Hall–Kier alpha value is -0.880. The van der Waals surface area contributed by atoms with Gasteiger partial charge in [-0.15, -0.1) is 0 Å². The molecule has 0 amide bonds. The third kappa shape index (κ3) is 6.62. The van der Waals surface area contributed by atoms with Crippen molar-refractivity contribution in [1.82, 2.24) is 0 Å².